The van der Waals surface area contributed by atoms with Crippen LogP contribution in [0.2, 0.25) is 5.02 Å². The number of carbonyl (C=O) groups is 1. The molecule has 1 atom stereocenters. The quantitative estimate of drug-likeness (QED) is 0.781. The van der Waals surface area contributed by atoms with Crippen LogP contribution in [0.4, 0.5) is 0 Å². The molecule has 3 rings (SSSR count). The second kappa shape index (κ2) is 7.25. The monoisotopic (exact) mass is 384 g/mol. The summed E-state index contributed by atoms with van der Waals surface area (Å²) >= 11 is 6.18. The maximum absolute atomic E-state index is 12.9. The summed E-state index contributed by atoms with van der Waals surface area (Å²) in [6.07, 6.45) is 5.05. The molecule has 1 saturated heterocycles. The summed E-state index contributed by atoms with van der Waals surface area (Å²) in [6, 6.07) is 4.72. The molecule has 1 aliphatic carbocycles. The first kappa shape index (κ1) is 18.7. The first-order valence-corrected chi connectivity index (χ1v) is 10.7. The van der Waals surface area contributed by atoms with Crippen molar-refractivity contribution in [2.24, 2.45) is 5.92 Å². The van der Waals surface area contributed by atoms with Crippen molar-refractivity contribution in [3.8, 4) is 0 Å². The molecule has 138 valence electrons. The van der Waals surface area contributed by atoms with Gasteiger partial charge in [-0.25, -0.2) is 8.42 Å². The van der Waals surface area contributed by atoms with E-state index < -0.39 is 10.0 Å². The second-order valence-corrected chi connectivity index (χ2v) is 9.42. The Balaban J connectivity index is 1.88. The van der Waals surface area contributed by atoms with Crippen molar-refractivity contribution in [3.05, 3.63) is 28.8 Å². The number of carbonyl (C=O) groups excluding carboxylic acids is 1. The van der Waals surface area contributed by atoms with Crippen LogP contribution in [0.25, 0.3) is 0 Å². The standard InChI is InChI=1S/C18H25ClN2O3S/c1-13(14-6-7-14)20(2)18(22)15-8-9-16(19)17(12-15)25(23,24)21-10-4-3-5-11-21/h8-9,12-14H,3-7,10-11H2,1-2H3. The first-order valence-electron chi connectivity index (χ1n) is 8.89. The molecule has 1 amide bonds. The largest absolute Gasteiger partial charge is 0.339 e. The van der Waals surface area contributed by atoms with Gasteiger partial charge >= 0.3 is 0 Å². The van der Waals surface area contributed by atoms with Gasteiger partial charge in [-0.1, -0.05) is 18.0 Å². The summed E-state index contributed by atoms with van der Waals surface area (Å²) in [5.74, 6) is 0.393. The van der Waals surface area contributed by atoms with Crippen LogP contribution in [0.15, 0.2) is 23.1 Å². The van der Waals surface area contributed by atoms with Crippen molar-refractivity contribution < 1.29 is 13.2 Å². The van der Waals surface area contributed by atoms with Gasteiger partial charge in [-0.15, -0.1) is 0 Å². The van der Waals surface area contributed by atoms with E-state index in [1.165, 1.54) is 16.4 Å². The Morgan fingerprint density at radius 3 is 2.48 bits per heavy atom. The molecule has 0 spiro atoms. The average molecular weight is 385 g/mol. The van der Waals surface area contributed by atoms with Gasteiger partial charge in [-0.2, -0.15) is 4.31 Å². The van der Waals surface area contributed by atoms with E-state index in [2.05, 4.69) is 0 Å². The Kier molecular flexibility index (Phi) is 5.42. The molecule has 1 saturated carbocycles. The topological polar surface area (TPSA) is 57.7 Å². The average Bonchev–Trinajstić information content (AvgIpc) is 3.46. The maximum atomic E-state index is 12.9. The van der Waals surface area contributed by atoms with E-state index in [0.717, 1.165) is 32.1 Å². The van der Waals surface area contributed by atoms with Gasteiger partial charge in [0.2, 0.25) is 10.0 Å². The van der Waals surface area contributed by atoms with E-state index in [4.69, 9.17) is 11.6 Å². The summed E-state index contributed by atoms with van der Waals surface area (Å²) in [5, 5.41) is 0.167. The minimum atomic E-state index is -3.67. The van der Waals surface area contributed by atoms with Crippen LogP contribution < -0.4 is 0 Å². The SMILES string of the molecule is CC(C1CC1)N(C)C(=O)c1ccc(Cl)c(S(=O)(=O)N2CCCCC2)c1. The highest BCUT2D eigenvalue weighted by Crippen LogP contribution is 2.35. The van der Waals surface area contributed by atoms with Crippen molar-refractivity contribution in [1.82, 2.24) is 9.21 Å². The number of hydrogen-bond acceptors (Lipinski definition) is 3. The van der Waals surface area contributed by atoms with Crippen LogP contribution in [0.1, 0.15) is 49.4 Å². The normalized spacial score (nSPS) is 20.3. The maximum Gasteiger partial charge on any atom is 0.253 e. The molecular weight excluding hydrogens is 360 g/mol. The molecule has 1 unspecified atom stereocenters. The van der Waals surface area contributed by atoms with Crippen LogP contribution in [0.3, 0.4) is 0 Å². The highest BCUT2D eigenvalue weighted by Gasteiger charge is 2.34. The zero-order chi connectivity index (χ0) is 18.2. The van der Waals surface area contributed by atoms with Crippen molar-refractivity contribution in [3.63, 3.8) is 0 Å². The molecule has 0 bridgehead atoms. The molecule has 0 N–H and O–H groups in total. The van der Waals surface area contributed by atoms with Gasteiger partial charge in [0.1, 0.15) is 4.90 Å². The number of hydrogen-bond donors (Lipinski definition) is 0. The Hall–Kier alpha value is -1.11. The third-order valence-corrected chi connectivity index (χ3v) is 7.73. The summed E-state index contributed by atoms with van der Waals surface area (Å²) < 4.78 is 27.3. The number of halogens is 1. The van der Waals surface area contributed by atoms with Crippen molar-refractivity contribution >= 4 is 27.5 Å². The minimum Gasteiger partial charge on any atom is -0.339 e. The fraction of sp³-hybridized carbons (Fsp3) is 0.611. The van der Waals surface area contributed by atoms with Gasteiger partial charge in [0, 0.05) is 31.7 Å². The van der Waals surface area contributed by atoms with Gasteiger partial charge < -0.3 is 4.90 Å². The van der Waals surface area contributed by atoms with E-state index in [9.17, 15) is 13.2 Å². The zero-order valence-corrected chi connectivity index (χ0v) is 16.3. The number of sulfonamides is 1. The van der Waals surface area contributed by atoms with E-state index in [1.54, 1.807) is 18.0 Å². The Labute approximate surface area is 155 Å². The second-order valence-electron chi connectivity index (χ2n) is 7.10. The predicted octanol–water partition coefficient (Wildman–Crippen LogP) is 3.39. The Morgan fingerprint density at radius 1 is 1.24 bits per heavy atom. The molecule has 1 aromatic carbocycles. The Bertz CT molecular complexity index is 756. The minimum absolute atomic E-state index is 0.0365. The summed E-state index contributed by atoms with van der Waals surface area (Å²) in [7, 11) is -1.89. The highest BCUT2D eigenvalue weighted by molar-refractivity contribution is 7.89. The molecule has 1 aliphatic heterocycles. The molecule has 0 aromatic heterocycles. The fourth-order valence-corrected chi connectivity index (χ4v) is 5.38. The first-order chi connectivity index (χ1) is 11.8. The van der Waals surface area contributed by atoms with Crippen molar-refractivity contribution in [2.75, 3.05) is 20.1 Å². The molecular formula is C18H25ClN2O3S. The summed E-state index contributed by atoms with van der Waals surface area (Å²) in [6.45, 7) is 3.06. The Morgan fingerprint density at radius 2 is 1.88 bits per heavy atom. The van der Waals surface area contributed by atoms with E-state index in [1.807, 2.05) is 6.92 Å². The lowest BCUT2D eigenvalue weighted by molar-refractivity contribution is 0.0727. The van der Waals surface area contributed by atoms with Crippen molar-refractivity contribution in [1.29, 1.82) is 0 Å². The summed E-state index contributed by atoms with van der Waals surface area (Å²) in [5.41, 5.74) is 0.370. The number of rotatable bonds is 5. The van der Waals surface area contributed by atoms with Crippen LogP contribution in [-0.2, 0) is 10.0 Å². The lowest BCUT2D eigenvalue weighted by atomic mass is 10.1. The number of amides is 1. The van der Waals surface area contributed by atoms with Crippen LogP contribution in [0, 0.1) is 5.92 Å². The summed E-state index contributed by atoms with van der Waals surface area (Å²) in [4.78, 5) is 14.5. The molecule has 1 heterocycles. The third-order valence-electron chi connectivity index (χ3n) is 5.35. The predicted molar refractivity (Wildman–Crippen MR) is 98.3 cm³/mol. The van der Waals surface area contributed by atoms with Gasteiger partial charge in [-0.05, 0) is 56.7 Å². The zero-order valence-electron chi connectivity index (χ0n) is 14.7. The molecule has 25 heavy (non-hydrogen) atoms. The fourth-order valence-electron chi connectivity index (χ4n) is 3.36. The van der Waals surface area contributed by atoms with E-state index in [0.29, 0.717) is 24.6 Å². The molecule has 5 nitrogen and oxygen atoms in total. The van der Waals surface area contributed by atoms with Gasteiger partial charge in [0.25, 0.3) is 5.91 Å². The van der Waals surface area contributed by atoms with Crippen LogP contribution in [-0.4, -0.2) is 49.7 Å². The molecule has 2 aliphatic rings. The number of benzene rings is 1. The van der Waals surface area contributed by atoms with Gasteiger partial charge in [-0.3, -0.25) is 4.79 Å². The van der Waals surface area contributed by atoms with E-state index >= 15 is 0 Å². The van der Waals surface area contributed by atoms with Crippen LogP contribution >= 0.6 is 11.6 Å². The number of piperidine rings is 1. The molecule has 2 fully saturated rings. The van der Waals surface area contributed by atoms with Gasteiger partial charge in [0.05, 0.1) is 5.02 Å². The molecule has 0 radical (unpaired) electrons. The number of nitrogens with zero attached hydrogens (tertiary/aromatic N) is 2. The van der Waals surface area contributed by atoms with Crippen molar-refractivity contribution in [2.45, 2.75) is 50.0 Å². The van der Waals surface area contributed by atoms with Crippen LogP contribution in [0.5, 0.6) is 0 Å². The molecule has 7 heteroatoms. The lowest BCUT2D eigenvalue weighted by Gasteiger charge is -2.27. The van der Waals surface area contributed by atoms with E-state index in [-0.39, 0.29) is 21.9 Å². The smallest absolute Gasteiger partial charge is 0.253 e. The third kappa shape index (κ3) is 3.86. The highest BCUT2D eigenvalue weighted by atomic mass is 35.5. The lowest BCUT2D eigenvalue weighted by Crippen LogP contribution is -2.37. The molecule has 1 aromatic rings. The van der Waals surface area contributed by atoms with Gasteiger partial charge in [0.15, 0.2) is 0 Å².